The lowest BCUT2D eigenvalue weighted by Gasteiger charge is -2.20. The molecule has 34 heavy (non-hydrogen) atoms. The normalized spacial score (nSPS) is 12.0. The maximum Gasteiger partial charge on any atom is 0.196 e. The SMILES string of the molecule is Cc1ccc(C)c(Nc2cc(NCc3ccccc3)c3noc4c3c2C(=O)c2ccccc2-4)c1. The van der Waals surface area contributed by atoms with Crippen LogP contribution in [0.15, 0.2) is 83.4 Å². The standard InChI is InChI=1S/C29H23N3O2/c1-17-12-13-18(2)22(14-17)31-23-15-24(30-16-19-8-4-3-5-9-19)27-26-25(23)28(33)20-10-6-7-11-21(20)29(26)34-32-27/h3-15,30-31H,16H2,1-2H3. The number of hydrogen-bond acceptors (Lipinski definition) is 5. The first-order valence-electron chi connectivity index (χ1n) is 11.3. The van der Waals surface area contributed by atoms with Gasteiger partial charge in [0.2, 0.25) is 0 Å². The van der Waals surface area contributed by atoms with Crippen LogP contribution < -0.4 is 10.6 Å². The topological polar surface area (TPSA) is 67.2 Å². The van der Waals surface area contributed by atoms with E-state index in [0.717, 1.165) is 44.7 Å². The Labute approximate surface area is 197 Å². The van der Waals surface area contributed by atoms with Crippen molar-refractivity contribution in [2.24, 2.45) is 0 Å². The van der Waals surface area contributed by atoms with Gasteiger partial charge in [0.15, 0.2) is 11.5 Å². The molecule has 1 aliphatic carbocycles. The summed E-state index contributed by atoms with van der Waals surface area (Å²) in [5.74, 6) is 0.603. The molecule has 166 valence electrons. The Bertz CT molecular complexity index is 1570. The molecule has 0 spiro atoms. The molecular weight excluding hydrogens is 422 g/mol. The third kappa shape index (κ3) is 3.25. The van der Waals surface area contributed by atoms with Gasteiger partial charge >= 0.3 is 0 Å². The van der Waals surface area contributed by atoms with Crippen molar-refractivity contribution in [2.75, 3.05) is 10.6 Å². The predicted molar refractivity (Wildman–Crippen MR) is 136 cm³/mol. The van der Waals surface area contributed by atoms with Crippen LogP contribution in [-0.4, -0.2) is 10.9 Å². The summed E-state index contributed by atoms with van der Waals surface area (Å²) in [5, 5.41) is 12.2. The number of nitrogens with zero attached hydrogens (tertiary/aromatic N) is 1. The van der Waals surface area contributed by atoms with E-state index in [1.54, 1.807) is 0 Å². The van der Waals surface area contributed by atoms with Crippen molar-refractivity contribution in [3.8, 4) is 11.3 Å². The summed E-state index contributed by atoms with van der Waals surface area (Å²) in [6, 6.07) is 26.0. The molecule has 1 heterocycles. The summed E-state index contributed by atoms with van der Waals surface area (Å²) in [5.41, 5.74) is 8.58. The monoisotopic (exact) mass is 445 g/mol. The van der Waals surface area contributed by atoms with E-state index < -0.39 is 0 Å². The minimum Gasteiger partial charge on any atom is -0.379 e. The molecule has 0 unspecified atom stereocenters. The highest BCUT2D eigenvalue weighted by atomic mass is 16.5. The lowest BCUT2D eigenvalue weighted by Crippen LogP contribution is -2.13. The lowest BCUT2D eigenvalue weighted by molar-refractivity contribution is 0.104. The Morgan fingerprint density at radius 1 is 0.824 bits per heavy atom. The van der Waals surface area contributed by atoms with Gasteiger partial charge in [-0.05, 0) is 42.7 Å². The molecule has 0 aliphatic heterocycles. The van der Waals surface area contributed by atoms with Crippen LogP contribution in [0.2, 0.25) is 0 Å². The third-order valence-electron chi connectivity index (χ3n) is 6.39. The third-order valence-corrected chi connectivity index (χ3v) is 6.39. The summed E-state index contributed by atoms with van der Waals surface area (Å²) in [7, 11) is 0. The van der Waals surface area contributed by atoms with Crippen LogP contribution in [0.1, 0.15) is 32.6 Å². The average Bonchev–Trinajstić information content (AvgIpc) is 3.30. The van der Waals surface area contributed by atoms with Gasteiger partial charge in [-0.25, -0.2) is 0 Å². The fraction of sp³-hybridized carbons (Fsp3) is 0.103. The van der Waals surface area contributed by atoms with Crippen molar-refractivity contribution in [3.05, 3.63) is 107 Å². The summed E-state index contributed by atoms with van der Waals surface area (Å²) >= 11 is 0. The van der Waals surface area contributed by atoms with Gasteiger partial charge in [0.1, 0.15) is 5.52 Å². The number of anilines is 3. The van der Waals surface area contributed by atoms with E-state index in [1.807, 2.05) is 48.5 Å². The van der Waals surface area contributed by atoms with Crippen LogP contribution in [0.4, 0.5) is 17.1 Å². The molecule has 0 saturated carbocycles. The number of carbonyl (C=O) groups is 1. The van der Waals surface area contributed by atoms with Gasteiger partial charge < -0.3 is 15.2 Å². The maximum atomic E-state index is 13.7. The minimum absolute atomic E-state index is 0.0290. The second-order valence-corrected chi connectivity index (χ2v) is 8.74. The number of nitrogens with one attached hydrogen (secondary N) is 2. The molecule has 1 aromatic heterocycles. The zero-order valence-corrected chi connectivity index (χ0v) is 19.0. The number of fused-ring (bicyclic) bond motifs is 2. The van der Waals surface area contributed by atoms with Crippen molar-refractivity contribution >= 4 is 33.7 Å². The summed E-state index contributed by atoms with van der Waals surface area (Å²) in [6.45, 7) is 4.75. The van der Waals surface area contributed by atoms with E-state index in [2.05, 4.69) is 60.0 Å². The molecule has 5 aromatic rings. The van der Waals surface area contributed by atoms with E-state index >= 15 is 0 Å². The van der Waals surface area contributed by atoms with Crippen LogP contribution in [0.3, 0.4) is 0 Å². The van der Waals surface area contributed by atoms with Gasteiger partial charge in [-0.1, -0.05) is 71.9 Å². The molecular formula is C29H23N3O2. The van der Waals surface area contributed by atoms with Crippen molar-refractivity contribution in [2.45, 2.75) is 20.4 Å². The van der Waals surface area contributed by atoms with Crippen LogP contribution >= 0.6 is 0 Å². The van der Waals surface area contributed by atoms with E-state index in [1.165, 1.54) is 0 Å². The molecule has 4 aromatic carbocycles. The summed E-state index contributed by atoms with van der Waals surface area (Å²) in [6.07, 6.45) is 0. The number of benzene rings is 4. The molecule has 5 heteroatoms. The van der Waals surface area contributed by atoms with Crippen LogP contribution in [0, 0.1) is 13.8 Å². The summed E-state index contributed by atoms with van der Waals surface area (Å²) in [4.78, 5) is 13.7. The Balaban J connectivity index is 1.55. The lowest BCUT2D eigenvalue weighted by atomic mass is 9.86. The first kappa shape index (κ1) is 20.2. The predicted octanol–water partition coefficient (Wildman–Crippen LogP) is 7.01. The van der Waals surface area contributed by atoms with Crippen molar-refractivity contribution in [3.63, 3.8) is 0 Å². The second kappa shape index (κ2) is 7.89. The highest BCUT2D eigenvalue weighted by Crippen LogP contribution is 2.45. The van der Waals surface area contributed by atoms with E-state index in [9.17, 15) is 4.79 Å². The summed E-state index contributed by atoms with van der Waals surface area (Å²) < 4.78 is 5.84. The zero-order chi connectivity index (χ0) is 23.2. The highest BCUT2D eigenvalue weighted by Gasteiger charge is 2.32. The van der Waals surface area contributed by atoms with Gasteiger partial charge in [0.05, 0.1) is 22.3 Å². The first-order valence-corrected chi connectivity index (χ1v) is 11.3. The number of carbonyl (C=O) groups excluding carboxylic acids is 1. The average molecular weight is 446 g/mol. The number of ketones is 1. The number of aromatic nitrogens is 1. The molecule has 0 saturated heterocycles. The Morgan fingerprint density at radius 2 is 1.59 bits per heavy atom. The molecule has 2 N–H and O–H groups in total. The van der Waals surface area contributed by atoms with E-state index in [4.69, 9.17) is 4.52 Å². The van der Waals surface area contributed by atoms with Gasteiger partial charge in [-0.3, -0.25) is 4.79 Å². The smallest absolute Gasteiger partial charge is 0.196 e. The van der Waals surface area contributed by atoms with Crippen molar-refractivity contribution < 1.29 is 9.32 Å². The Morgan fingerprint density at radius 3 is 2.41 bits per heavy atom. The molecule has 1 aliphatic rings. The van der Waals surface area contributed by atoms with Crippen molar-refractivity contribution in [1.29, 1.82) is 0 Å². The molecule has 0 radical (unpaired) electrons. The number of rotatable bonds is 5. The van der Waals surface area contributed by atoms with Crippen LogP contribution in [-0.2, 0) is 6.54 Å². The zero-order valence-electron chi connectivity index (χ0n) is 19.0. The van der Waals surface area contributed by atoms with Crippen LogP contribution in [0.5, 0.6) is 0 Å². The largest absolute Gasteiger partial charge is 0.379 e. The van der Waals surface area contributed by atoms with Gasteiger partial charge in [0.25, 0.3) is 0 Å². The van der Waals surface area contributed by atoms with Gasteiger partial charge in [-0.15, -0.1) is 0 Å². The van der Waals surface area contributed by atoms with E-state index in [-0.39, 0.29) is 5.78 Å². The highest BCUT2D eigenvalue weighted by molar-refractivity contribution is 6.28. The molecule has 0 amide bonds. The van der Waals surface area contributed by atoms with Gasteiger partial charge in [-0.2, -0.15) is 0 Å². The molecule has 0 atom stereocenters. The molecule has 0 bridgehead atoms. The molecule has 5 nitrogen and oxygen atoms in total. The van der Waals surface area contributed by atoms with E-state index in [0.29, 0.717) is 28.9 Å². The van der Waals surface area contributed by atoms with Crippen molar-refractivity contribution in [1.82, 2.24) is 5.16 Å². The van der Waals surface area contributed by atoms with Gasteiger partial charge in [0, 0.05) is 23.4 Å². The fourth-order valence-electron chi connectivity index (χ4n) is 4.60. The number of hydrogen-bond donors (Lipinski definition) is 2. The first-order chi connectivity index (χ1) is 16.6. The quantitative estimate of drug-likeness (QED) is 0.299. The Hall–Kier alpha value is -4.38. The van der Waals surface area contributed by atoms with Crippen LogP contribution in [0.25, 0.3) is 22.2 Å². The number of aryl methyl sites for hydroxylation is 2. The fourth-order valence-corrected chi connectivity index (χ4v) is 4.60. The minimum atomic E-state index is -0.0290. The second-order valence-electron chi connectivity index (χ2n) is 8.74. The molecule has 6 rings (SSSR count). The Kier molecular flexibility index (Phi) is 4.69. The molecule has 0 fully saturated rings. The maximum absolute atomic E-state index is 13.7.